The lowest BCUT2D eigenvalue weighted by Crippen LogP contribution is -1.96. The largest absolute Gasteiger partial charge is 0.497 e. The van der Waals surface area contributed by atoms with Crippen molar-refractivity contribution >= 4 is 27.0 Å². The molecule has 0 saturated heterocycles. The lowest BCUT2D eigenvalue weighted by atomic mass is 10.0. The number of hydrogen-bond acceptors (Lipinski definition) is 4. The Morgan fingerprint density at radius 3 is 2.36 bits per heavy atom. The molecule has 0 atom stereocenters. The van der Waals surface area contributed by atoms with Crippen molar-refractivity contribution in [3.8, 4) is 22.6 Å². The van der Waals surface area contributed by atoms with Crippen LogP contribution in [0.15, 0.2) is 41.1 Å². The fraction of sp³-hybridized carbons (Fsp3) is 0.125. The molecular weight excluding hydrogens is 351 g/mol. The number of rotatable bonds is 3. The maximum Gasteiger partial charge on any atom is 0.173 e. The first kappa shape index (κ1) is 14.7. The Bertz CT molecular complexity index is 855. The van der Waals surface area contributed by atoms with Crippen LogP contribution in [0.25, 0.3) is 22.2 Å². The van der Waals surface area contributed by atoms with Crippen LogP contribution in [0.5, 0.6) is 11.5 Å². The van der Waals surface area contributed by atoms with Crippen LogP contribution in [-0.4, -0.2) is 24.2 Å². The average Bonchev–Trinajstić information content (AvgIpc) is 2.56. The van der Waals surface area contributed by atoms with Gasteiger partial charge in [-0.15, -0.1) is 0 Å². The number of aromatic nitrogens is 2. The number of halogens is 2. The van der Waals surface area contributed by atoms with E-state index in [1.807, 2.05) is 6.07 Å². The quantitative estimate of drug-likeness (QED) is 0.699. The lowest BCUT2D eigenvalue weighted by Gasteiger charge is -2.12. The van der Waals surface area contributed by atoms with Crippen molar-refractivity contribution in [2.45, 2.75) is 0 Å². The number of nitrogens with zero attached hydrogens (tertiary/aromatic N) is 2. The Labute approximate surface area is 135 Å². The third kappa shape index (κ3) is 2.39. The van der Waals surface area contributed by atoms with Gasteiger partial charge < -0.3 is 9.47 Å². The van der Waals surface area contributed by atoms with E-state index in [-0.39, 0.29) is 5.75 Å². The molecule has 0 N–H and O–H groups in total. The molecule has 0 radical (unpaired) electrons. The molecule has 112 valence electrons. The molecule has 0 amide bonds. The summed E-state index contributed by atoms with van der Waals surface area (Å²) in [7, 11) is 2.94. The molecule has 1 heterocycles. The summed E-state index contributed by atoms with van der Waals surface area (Å²) in [4.78, 5) is 8.62. The first-order valence-electron chi connectivity index (χ1n) is 6.47. The molecule has 0 unspecified atom stereocenters. The zero-order chi connectivity index (χ0) is 15.7. The highest BCUT2D eigenvalue weighted by atomic mass is 79.9. The number of benzene rings is 2. The molecule has 1 aromatic heterocycles. The van der Waals surface area contributed by atoms with Crippen molar-refractivity contribution in [1.82, 2.24) is 9.97 Å². The molecule has 2 aromatic carbocycles. The van der Waals surface area contributed by atoms with E-state index in [1.165, 1.54) is 20.3 Å². The molecule has 0 saturated carbocycles. The predicted octanol–water partition coefficient (Wildman–Crippen LogP) is 4.22. The summed E-state index contributed by atoms with van der Waals surface area (Å²) in [5, 5.41) is 0. The summed E-state index contributed by atoms with van der Waals surface area (Å²) in [6.07, 6.45) is 3.17. The van der Waals surface area contributed by atoms with Crippen LogP contribution >= 0.6 is 15.9 Å². The van der Waals surface area contributed by atoms with Gasteiger partial charge in [0.1, 0.15) is 11.3 Å². The lowest BCUT2D eigenvalue weighted by molar-refractivity contribution is 0.375. The number of fused-ring (bicyclic) bond motifs is 1. The fourth-order valence-electron chi connectivity index (χ4n) is 2.28. The van der Waals surface area contributed by atoms with Crippen LogP contribution in [-0.2, 0) is 0 Å². The van der Waals surface area contributed by atoms with Gasteiger partial charge in [-0.3, -0.25) is 9.97 Å². The van der Waals surface area contributed by atoms with Crippen LogP contribution in [0.1, 0.15) is 0 Å². The van der Waals surface area contributed by atoms with E-state index >= 15 is 0 Å². The zero-order valence-electron chi connectivity index (χ0n) is 11.9. The molecule has 6 heteroatoms. The second kappa shape index (κ2) is 5.88. The topological polar surface area (TPSA) is 44.2 Å². The van der Waals surface area contributed by atoms with Gasteiger partial charge in [0.05, 0.1) is 19.7 Å². The molecule has 0 aliphatic carbocycles. The SMILES string of the molecule is COc1cc(OC)c(F)c(-c2ccc(Br)c3nccnc23)c1. The van der Waals surface area contributed by atoms with Gasteiger partial charge in [-0.05, 0) is 28.1 Å². The fourth-order valence-corrected chi connectivity index (χ4v) is 2.70. The minimum Gasteiger partial charge on any atom is -0.497 e. The molecule has 3 aromatic rings. The number of hydrogen-bond donors (Lipinski definition) is 0. The highest BCUT2D eigenvalue weighted by Crippen LogP contribution is 2.37. The second-order valence-electron chi connectivity index (χ2n) is 4.54. The number of methoxy groups -OCH3 is 2. The Balaban J connectivity index is 2.35. The summed E-state index contributed by atoms with van der Waals surface area (Å²) >= 11 is 3.43. The van der Waals surface area contributed by atoms with Crippen LogP contribution in [0.3, 0.4) is 0 Å². The van der Waals surface area contributed by atoms with Gasteiger partial charge in [0.2, 0.25) is 0 Å². The Morgan fingerprint density at radius 1 is 0.955 bits per heavy atom. The van der Waals surface area contributed by atoms with Crippen molar-refractivity contribution in [3.63, 3.8) is 0 Å². The monoisotopic (exact) mass is 362 g/mol. The molecule has 0 bridgehead atoms. The Kier molecular flexibility index (Phi) is 3.94. The van der Waals surface area contributed by atoms with Gasteiger partial charge in [-0.1, -0.05) is 6.07 Å². The van der Waals surface area contributed by atoms with Gasteiger partial charge in [0.25, 0.3) is 0 Å². The normalized spacial score (nSPS) is 10.7. The summed E-state index contributed by atoms with van der Waals surface area (Å²) in [5.74, 6) is 0.167. The summed E-state index contributed by atoms with van der Waals surface area (Å²) in [6, 6.07) is 6.73. The predicted molar refractivity (Wildman–Crippen MR) is 85.7 cm³/mol. The second-order valence-corrected chi connectivity index (χ2v) is 5.39. The standard InChI is InChI=1S/C16H12BrFN2O2/c1-21-9-7-11(14(18)13(8-9)22-2)10-3-4-12(17)16-15(10)19-5-6-20-16/h3-8H,1-2H3. The third-order valence-electron chi connectivity index (χ3n) is 3.33. The van der Waals surface area contributed by atoms with E-state index in [0.29, 0.717) is 27.9 Å². The maximum absolute atomic E-state index is 14.7. The molecule has 22 heavy (non-hydrogen) atoms. The smallest absolute Gasteiger partial charge is 0.173 e. The van der Waals surface area contributed by atoms with Crippen molar-refractivity contribution in [1.29, 1.82) is 0 Å². The van der Waals surface area contributed by atoms with E-state index in [2.05, 4.69) is 25.9 Å². The van der Waals surface area contributed by atoms with Gasteiger partial charge in [0.15, 0.2) is 11.6 Å². The van der Waals surface area contributed by atoms with Crippen LogP contribution in [0.4, 0.5) is 4.39 Å². The Hall–Kier alpha value is -2.21. The van der Waals surface area contributed by atoms with Crippen LogP contribution in [0, 0.1) is 5.82 Å². The maximum atomic E-state index is 14.7. The van der Waals surface area contributed by atoms with E-state index in [9.17, 15) is 4.39 Å². The average molecular weight is 363 g/mol. The summed E-state index contributed by atoms with van der Waals surface area (Å²) < 4.78 is 25.8. The minimum absolute atomic E-state index is 0.120. The first-order chi connectivity index (χ1) is 10.7. The van der Waals surface area contributed by atoms with Gasteiger partial charge >= 0.3 is 0 Å². The van der Waals surface area contributed by atoms with E-state index in [0.717, 1.165) is 4.47 Å². The van der Waals surface area contributed by atoms with E-state index in [4.69, 9.17) is 9.47 Å². The molecule has 0 aliphatic rings. The van der Waals surface area contributed by atoms with Gasteiger partial charge in [0, 0.05) is 34.1 Å². The minimum atomic E-state index is -0.461. The van der Waals surface area contributed by atoms with Crippen LogP contribution in [0.2, 0.25) is 0 Å². The summed E-state index contributed by atoms with van der Waals surface area (Å²) in [6.45, 7) is 0. The Morgan fingerprint density at radius 2 is 1.68 bits per heavy atom. The van der Waals surface area contributed by atoms with E-state index < -0.39 is 5.82 Å². The summed E-state index contributed by atoms with van der Waals surface area (Å²) in [5.41, 5.74) is 2.25. The number of ether oxygens (including phenoxy) is 2. The van der Waals surface area contributed by atoms with Crippen molar-refractivity contribution in [2.24, 2.45) is 0 Å². The molecule has 0 spiro atoms. The van der Waals surface area contributed by atoms with Gasteiger partial charge in [-0.2, -0.15) is 0 Å². The van der Waals surface area contributed by atoms with Crippen molar-refractivity contribution in [2.75, 3.05) is 14.2 Å². The molecule has 0 aliphatic heterocycles. The highest BCUT2D eigenvalue weighted by Gasteiger charge is 2.17. The molecule has 4 nitrogen and oxygen atoms in total. The molecule has 3 rings (SSSR count). The molecular formula is C16H12BrFN2O2. The highest BCUT2D eigenvalue weighted by molar-refractivity contribution is 9.10. The van der Waals surface area contributed by atoms with Crippen molar-refractivity contribution < 1.29 is 13.9 Å². The first-order valence-corrected chi connectivity index (χ1v) is 7.26. The zero-order valence-corrected chi connectivity index (χ0v) is 13.5. The molecule has 0 fully saturated rings. The van der Waals surface area contributed by atoms with E-state index in [1.54, 1.807) is 24.5 Å². The third-order valence-corrected chi connectivity index (χ3v) is 3.97. The van der Waals surface area contributed by atoms with Gasteiger partial charge in [-0.25, -0.2) is 4.39 Å². The van der Waals surface area contributed by atoms with Crippen molar-refractivity contribution in [3.05, 3.63) is 46.9 Å². The van der Waals surface area contributed by atoms with Crippen LogP contribution < -0.4 is 9.47 Å².